The van der Waals surface area contributed by atoms with Gasteiger partial charge in [-0.1, -0.05) is 91.9 Å². The molecule has 0 aliphatic carbocycles. The van der Waals surface area contributed by atoms with Gasteiger partial charge in [-0.05, 0) is 38.5 Å². The van der Waals surface area contributed by atoms with Crippen LogP contribution < -0.4 is 24.0 Å². The van der Waals surface area contributed by atoms with Crippen LogP contribution in [0.15, 0.2) is 0 Å². The summed E-state index contributed by atoms with van der Waals surface area (Å²) in [5, 5.41) is 0. The van der Waals surface area contributed by atoms with Crippen molar-refractivity contribution in [3.63, 3.8) is 0 Å². The largest absolute Gasteiger partial charge is 1.00 e. The third-order valence-corrected chi connectivity index (χ3v) is 11.2. The van der Waals surface area contributed by atoms with E-state index in [1.54, 1.807) is 24.6 Å². The Morgan fingerprint density at radius 3 is 0.962 bits per heavy atom. The fourth-order valence-corrected chi connectivity index (χ4v) is 9.46. The summed E-state index contributed by atoms with van der Waals surface area (Å²) in [7, 11) is -0.619. The molecule has 0 rings (SSSR count). The first-order valence-electron chi connectivity index (χ1n) is 12.1. The zero-order chi connectivity index (χ0) is 18.6. The van der Waals surface area contributed by atoms with E-state index in [2.05, 4.69) is 27.7 Å². The molecule has 0 saturated heterocycles. The van der Waals surface area contributed by atoms with Crippen LogP contribution in [-0.2, 0) is 0 Å². The second-order valence-electron chi connectivity index (χ2n) is 8.48. The molecule has 2 heteroatoms. The van der Waals surface area contributed by atoms with Gasteiger partial charge in [0.15, 0.2) is 0 Å². The molecule has 0 aliphatic rings. The first-order chi connectivity index (χ1) is 12.2. The van der Waals surface area contributed by atoms with Crippen molar-refractivity contribution in [2.45, 2.75) is 130 Å². The van der Waals surface area contributed by atoms with Crippen LogP contribution in [0.5, 0.6) is 0 Å². The van der Waals surface area contributed by atoms with Gasteiger partial charge in [-0.2, -0.15) is 0 Å². The Morgan fingerprint density at radius 2 is 0.654 bits per heavy atom. The van der Waals surface area contributed by atoms with Crippen LogP contribution in [0.1, 0.15) is 130 Å². The van der Waals surface area contributed by atoms with Crippen molar-refractivity contribution in [3.05, 3.63) is 0 Å². The van der Waals surface area contributed by atoms with E-state index in [-0.39, 0.29) is 24.0 Å². The Morgan fingerprint density at radius 1 is 0.346 bits per heavy atom. The molecule has 0 saturated carbocycles. The maximum atomic E-state index is 2.43. The van der Waals surface area contributed by atoms with Crippen molar-refractivity contribution >= 4 is 7.26 Å². The maximum Gasteiger partial charge on any atom is 0.0594 e. The van der Waals surface area contributed by atoms with Crippen molar-refractivity contribution in [1.82, 2.24) is 0 Å². The van der Waals surface area contributed by atoms with Gasteiger partial charge < -0.3 is 24.0 Å². The van der Waals surface area contributed by atoms with Gasteiger partial charge in [0.1, 0.15) is 0 Å². The summed E-state index contributed by atoms with van der Waals surface area (Å²) < 4.78 is 0. The Kier molecular flexibility index (Phi) is 25.4. The normalized spacial score (nSPS) is 11.5. The van der Waals surface area contributed by atoms with Gasteiger partial charge in [0, 0.05) is 7.26 Å². The highest BCUT2D eigenvalue weighted by atomic mass is 127. The lowest BCUT2D eigenvalue weighted by atomic mass is 10.1. The number of hydrogen-bond donors (Lipinski definition) is 0. The van der Waals surface area contributed by atoms with Crippen molar-refractivity contribution < 1.29 is 24.0 Å². The Labute approximate surface area is 185 Å². The minimum absolute atomic E-state index is 0. The molecule has 0 radical (unpaired) electrons. The third kappa shape index (κ3) is 17.3. The molecule has 0 unspecified atom stereocenters. The van der Waals surface area contributed by atoms with Gasteiger partial charge in [0.25, 0.3) is 0 Å². The second-order valence-corrected chi connectivity index (χ2v) is 13.0. The molecular formula is C24H52IP. The van der Waals surface area contributed by atoms with Crippen LogP contribution in [0, 0.1) is 0 Å². The van der Waals surface area contributed by atoms with Crippen LogP contribution in [0.3, 0.4) is 0 Å². The topological polar surface area (TPSA) is 0 Å². The number of hydrogen-bond acceptors (Lipinski definition) is 0. The van der Waals surface area contributed by atoms with Gasteiger partial charge in [-0.3, -0.25) is 0 Å². The van der Waals surface area contributed by atoms with E-state index in [4.69, 9.17) is 0 Å². The summed E-state index contributed by atoms with van der Waals surface area (Å²) in [6.07, 6.45) is 29.9. The number of rotatable bonds is 20. The molecule has 0 spiro atoms. The molecule has 0 nitrogen and oxygen atoms in total. The lowest BCUT2D eigenvalue weighted by Gasteiger charge is -2.27. The van der Waals surface area contributed by atoms with Crippen molar-refractivity contribution in [3.8, 4) is 0 Å². The molecule has 0 aromatic rings. The molecule has 0 bridgehead atoms. The minimum atomic E-state index is -0.619. The fraction of sp³-hybridized carbons (Fsp3) is 1.00. The quantitative estimate of drug-likeness (QED) is 0.105. The summed E-state index contributed by atoms with van der Waals surface area (Å²) in [5.41, 5.74) is 0. The number of unbranched alkanes of at least 4 members (excludes halogenated alkanes) is 12. The van der Waals surface area contributed by atoms with Gasteiger partial charge in [0.05, 0.1) is 24.6 Å². The summed E-state index contributed by atoms with van der Waals surface area (Å²) in [6.45, 7) is 9.50. The molecule has 0 fully saturated rings. The minimum Gasteiger partial charge on any atom is -1.00 e. The van der Waals surface area contributed by atoms with E-state index in [1.807, 2.05) is 0 Å². The summed E-state index contributed by atoms with van der Waals surface area (Å²) in [6, 6.07) is 0. The fourth-order valence-electron chi connectivity index (χ4n) is 4.43. The standard InChI is InChI=1S/C24H52P.HI/c1-5-9-11-13-15-17-19-23-25(21-7-3,22-8-4)24-20-18-16-14-12-10-6-2;/h5-24H2,1-4H3;1H/q+1;/p-1. The Bertz CT molecular complexity index is 229. The lowest BCUT2D eigenvalue weighted by molar-refractivity contribution is -0.00000581. The molecule has 0 N–H and O–H groups in total. The molecule has 26 heavy (non-hydrogen) atoms. The van der Waals surface area contributed by atoms with E-state index >= 15 is 0 Å². The molecule has 160 valence electrons. The van der Waals surface area contributed by atoms with Gasteiger partial charge in [-0.15, -0.1) is 0 Å². The summed E-state index contributed by atoms with van der Waals surface area (Å²) in [4.78, 5) is 0. The van der Waals surface area contributed by atoms with E-state index in [1.165, 1.54) is 103 Å². The second kappa shape index (κ2) is 22.4. The molecule has 0 atom stereocenters. The molecule has 0 aliphatic heterocycles. The highest BCUT2D eigenvalue weighted by Gasteiger charge is 2.33. The third-order valence-electron chi connectivity index (χ3n) is 5.87. The molecular weight excluding hydrogens is 446 g/mol. The van der Waals surface area contributed by atoms with Crippen LogP contribution in [0.25, 0.3) is 0 Å². The average Bonchev–Trinajstić information content (AvgIpc) is 2.61. The summed E-state index contributed by atoms with van der Waals surface area (Å²) >= 11 is 0. The average molecular weight is 499 g/mol. The van der Waals surface area contributed by atoms with Crippen molar-refractivity contribution in [1.29, 1.82) is 0 Å². The van der Waals surface area contributed by atoms with E-state index < -0.39 is 7.26 Å². The highest BCUT2D eigenvalue weighted by Crippen LogP contribution is 2.61. The van der Waals surface area contributed by atoms with Crippen molar-refractivity contribution in [2.75, 3.05) is 24.6 Å². The van der Waals surface area contributed by atoms with Gasteiger partial charge in [0.2, 0.25) is 0 Å². The monoisotopic (exact) mass is 498 g/mol. The van der Waals surface area contributed by atoms with Gasteiger partial charge >= 0.3 is 0 Å². The molecule has 0 heterocycles. The molecule has 0 amide bonds. The predicted octanol–water partition coefficient (Wildman–Crippen LogP) is 6.33. The maximum absolute atomic E-state index is 2.43. The predicted molar refractivity (Wildman–Crippen MR) is 123 cm³/mol. The van der Waals surface area contributed by atoms with Crippen molar-refractivity contribution in [2.24, 2.45) is 0 Å². The number of halogens is 1. The van der Waals surface area contributed by atoms with E-state index in [0.717, 1.165) is 0 Å². The zero-order valence-corrected chi connectivity index (χ0v) is 22.0. The Balaban J connectivity index is 0. The van der Waals surface area contributed by atoms with Crippen LogP contribution in [-0.4, -0.2) is 24.6 Å². The summed E-state index contributed by atoms with van der Waals surface area (Å²) in [5.74, 6) is 0. The van der Waals surface area contributed by atoms with Crippen LogP contribution in [0.4, 0.5) is 0 Å². The first-order valence-corrected chi connectivity index (χ1v) is 14.6. The SMILES string of the molecule is CCCCCCCCC[P+](CCC)(CCC)CCCCCCCCC.[I-]. The lowest BCUT2D eigenvalue weighted by Crippen LogP contribution is -3.00. The van der Waals surface area contributed by atoms with E-state index in [0.29, 0.717) is 0 Å². The molecule has 0 aromatic heterocycles. The van der Waals surface area contributed by atoms with Gasteiger partial charge in [-0.25, -0.2) is 0 Å². The highest BCUT2D eigenvalue weighted by molar-refractivity contribution is 7.75. The first kappa shape index (κ1) is 29.4. The van der Waals surface area contributed by atoms with E-state index in [9.17, 15) is 0 Å². The smallest absolute Gasteiger partial charge is 0.0594 e. The van der Waals surface area contributed by atoms with Crippen LogP contribution in [0.2, 0.25) is 0 Å². The molecule has 0 aromatic carbocycles. The zero-order valence-electron chi connectivity index (χ0n) is 19.0. The Hall–Kier alpha value is 1.16. The van der Waals surface area contributed by atoms with Crippen LogP contribution >= 0.6 is 7.26 Å².